The van der Waals surface area contributed by atoms with E-state index in [4.69, 9.17) is 15.5 Å². The monoisotopic (exact) mass is 523 g/mol. The lowest BCUT2D eigenvalue weighted by molar-refractivity contribution is 0.0981. The summed E-state index contributed by atoms with van der Waals surface area (Å²) in [6.07, 6.45) is 0.909. The van der Waals surface area contributed by atoms with Crippen LogP contribution >= 0.6 is 0 Å². The third-order valence-electron chi connectivity index (χ3n) is 6.71. The molecule has 3 heterocycles. The molecular weight excluding hydrogens is 490 g/mol. The molecule has 1 fully saturated rings. The first kappa shape index (κ1) is 26.4. The van der Waals surface area contributed by atoms with Gasteiger partial charge in [-0.1, -0.05) is 13.0 Å². The number of methoxy groups -OCH3 is 1. The molecule has 10 heteroatoms. The summed E-state index contributed by atoms with van der Waals surface area (Å²) in [5.74, 6) is 0.859. The molecule has 0 radical (unpaired) electrons. The Labute approximate surface area is 218 Å². The zero-order valence-electron chi connectivity index (χ0n) is 22.0. The molecule has 1 aliphatic rings. The van der Waals surface area contributed by atoms with Crippen LogP contribution in [0.4, 0.5) is 11.6 Å². The number of aryl methyl sites for hydroxylation is 2. The number of hydrogen-bond acceptors (Lipinski definition) is 8. The molecule has 3 N–H and O–H groups in total. The molecule has 1 unspecified atom stereocenters. The molecule has 1 amide bonds. The Morgan fingerprint density at radius 2 is 1.86 bits per heavy atom. The zero-order valence-corrected chi connectivity index (χ0v) is 22.8. The average Bonchev–Trinajstić information content (AvgIpc) is 3.11. The predicted octanol–water partition coefficient (Wildman–Crippen LogP) is 4.09. The third-order valence-corrected chi connectivity index (χ3v) is 7.95. The maximum absolute atomic E-state index is 13.4. The summed E-state index contributed by atoms with van der Waals surface area (Å²) in [6.45, 7) is 11.0. The predicted molar refractivity (Wildman–Crippen MR) is 144 cm³/mol. The highest BCUT2D eigenvalue weighted by Gasteiger charge is 2.39. The van der Waals surface area contributed by atoms with Crippen LogP contribution < -0.4 is 20.1 Å². The van der Waals surface area contributed by atoms with Crippen molar-refractivity contribution in [1.82, 2.24) is 14.7 Å². The van der Waals surface area contributed by atoms with Crippen LogP contribution in [0.5, 0.6) is 5.75 Å². The zero-order chi connectivity index (χ0) is 27.1. The Kier molecular flexibility index (Phi) is 6.89. The highest BCUT2D eigenvalue weighted by atomic mass is 32.2. The van der Waals surface area contributed by atoms with E-state index in [1.807, 2.05) is 26.0 Å². The van der Waals surface area contributed by atoms with Crippen LogP contribution in [-0.2, 0) is 10.0 Å². The van der Waals surface area contributed by atoms with E-state index < -0.39 is 15.9 Å². The van der Waals surface area contributed by atoms with Gasteiger partial charge >= 0.3 is 0 Å². The molecule has 4 rings (SSSR count). The first-order valence-corrected chi connectivity index (χ1v) is 13.5. The van der Waals surface area contributed by atoms with Crippen molar-refractivity contribution in [3.63, 3.8) is 0 Å². The van der Waals surface area contributed by atoms with Crippen molar-refractivity contribution < 1.29 is 17.9 Å². The number of pyridine rings is 2. The number of aromatic nitrogens is 2. The summed E-state index contributed by atoms with van der Waals surface area (Å²) < 4.78 is 33.4. The molecule has 0 saturated carbocycles. The number of sulfonamides is 1. The van der Waals surface area contributed by atoms with Crippen LogP contribution in [0.2, 0.25) is 0 Å². The first-order valence-electron chi connectivity index (χ1n) is 12.1. The molecule has 1 saturated heterocycles. The molecular formula is C27H33N5O4S. The second-order valence-electron chi connectivity index (χ2n) is 10.3. The smallest absolute Gasteiger partial charge is 0.281 e. The fourth-order valence-corrected chi connectivity index (χ4v) is 5.98. The van der Waals surface area contributed by atoms with E-state index in [0.29, 0.717) is 24.0 Å². The molecule has 0 spiro atoms. The standard InChI is InChI=1S/C27H33N5O4S/c1-16-14-27(4,5)32(15-16)25-19(26(33)31-37(34,35)24-9-7-8-23(28)30-24)10-11-21(29-25)20-12-18(3)22(36-6)13-17(20)2/h7-13,16H,14-15H2,1-6H3,(H2,28,30)(H,31,33). The SMILES string of the molecule is COc1cc(C)c(-c2ccc(C(=O)NS(=O)(=O)c3cccc(N)n3)c(N3CC(C)CC3(C)C)n2)cc1C. The second-order valence-corrected chi connectivity index (χ2v) is 11.9. The van der Waals surface area contributed by atoms with Gasteiger partial charge in [-0.15, -0.1) is 0 Å². The van der Waals surface area contributed by atoms with E-state index in [1.165, 1.54) is 18.2 Å². The Bertz CT molecular complexity index is 1470. The van der Waals surface area contributed by atoms with Gasteiger partial charge in [0.25, 0.3) is 15.9 Å². The summed E-state index contributed by atoms with van der Waals surface area (Å²) in [4.78, 5) is 24.3. The number of benzene rings is 1. The van der Waals surface area contributed by atoms with E-state index in [-0.39, 0.29) is 21.9 Å². The van der Waals surface area contributed by atoms with Crippen molar-refractivity contribution in [2.45, 2.75) is 51.6 Å². The van der Waals surface area contributed by atoms with Crippen LogP contribution in [0.3, 0.4) is 0 Å². The number of carbonyl (C=O) groups excluding carboxylic acids is 1. The lowest BCUT2D eigenvalue weighted by Gasteiger charge is -2.34. The number of hydrogen-bond donors (Lipinski definition) is 2. The summed E-state index contributed by atoms with van der Waals surface area (Å²) in [5.41, 5.74) is 9.07. The van der Waals surface area contributed by atoms with Gasteiger partial charge in [0.05, 0.1) is 18.4 Å². The maximum atomic E-state index is 13.4. The van der Waals surface area contributed by atoms with Crippen LogP contribution in [-0.4, -0.2) is 43.5 Å². The fraction of sp³-hybridized carbons (Fsp3) is 0.370. The lowest BCUT2D eigenvalue weighted by Crippen LogP contribution is -2.41. The van der Waals surface area contributed by atoms with Gasteiger partial charge in [-0.25, -0.2) is 14.7 Å². The number of ether oxygens (including phenoxy) is 1. The topological polar surface area (TPSA) is 128 Å². The van der Waals surface area contributed by atoms with Gasteiger partial charge in [0.1, 0.15) is 17.4 Å². The Hall–Kier alpha value is -3.66. The molecule has 37 heavy (non-hydrogen) atoms. The van der Waals surface area contributed by atoms with Crippen molar-refractivity contribution in [3.8, 4) is 17.0 Å². The van der Waals surface area contributed by atoms with Crippen molar-refractivity contribution in [2.75, 3.05) is 24.3 Å². The molecule has 1 aromatic carbocycles. The van der Waals surface area contributed by atoms with E-state index in [1.54, 1.807) is 19.2 Å². The minimum atomic E-state index is -4.24. The van der Waals surface area contributed by atoms with E-state index >= 15 is 0 Å². The summed E-state index contributed by atoms with van der Waals surface area (Å²) in [5, 5.41) is -0.327. The van der Waals surface area contributed by atoms with Crippen molar-refractivity contribution in [1.29, 1.82) is 0 Å². The van der Waals surface area contributed by atoms with Gasteiger partial charge in [-0.2, -0.15) is 8.42 Å². The maximum Gasteiger partial charge on any atom is 0.281 e. The van der Waals surface area contributed by atoms with Crippen molar-refractivity contribution in [2.24, 2.45) is 5.92 Å². The Balaban J connectivity index is 1.81. The highest BCUT2D eigenvalue weighted by molar-refractivity contribution is 7.90. The van der Waals surface area contributed by atoms with Gasteiger partial charge in [-0.3, -0.25) is 4.79 Å². The summed E-state index contributed by atoms with van der Waals surface area (Å²) in [6, 6.07) is 11.6. The Morgan fingerprint density at radius 1 is 1.14 bits per heavy atom. The molecule has 1 atom stereocenters. The third kappa shape index (κ3) is 5.24. The molecule has 3 aromatic rings. The van der Waals surface area contributed by atoms with Crippen LogP contribution in [0.25, 0.3) is 11.3 Å². The Morgan fingerprint density at radius 3 is 2.49 bits per heavy atom. The lowest BCUT2D eigenvalue weighted by atomic mass is 9.97. The molecule has 0 bridgehead atoms. The van der Waals surface area contributed by atoms with Crippen molar-refractivity contribution in [3.05, 3.63) is 59.2 Å². The van der Waals surface area contributed by atoms with E-state index in [0.717, 1.165) is 28.9 Å². The van der Waals surface area contributed by atoms with Gasteiger partial charge in [0, 0.05) is 17.6 Å². The second kappa shape index (κ2) is 9.66. The molecule has 1 aliphatic heterocycles. The number of anilines is 2. The minimum Gasteiger partial charge on any atom is -0.496 e. The fourth-order valence-electron chi connectivity index (χ4n) is 5.04. The molecule has 0 aliphatic carbocycles. The van der Waals surface area contributed by atoms with Gasteiger partial charge in [-0.05, 0) is 87.6 Å². The average molecular weight is 524 g/mol. The normalized spacial score (nSPS) is 17.0. The number of rotatable bonds is 6. The molecule has 196 valence electrons. The number of nitrogens with two attached hydrogens (primary N) is 1. The van der Waals surface area contributed by atoms with Gasteiger partial charge < -0.3 is 15.4 Å². The number of carbonyl (C=O) groups is 1. The highest BCUT2D eigenvalue weighted by Crippen LogP contribution is 2.39. The van der Waals surface area contributed by atoms with Gasteiger partial charge in [0.2, 0.25) is 0 Å². The van der Waals surface area contributed by atoms with E-state index in [2.05, 4.69) is 35.4 Å². The summed E-state index contributed by atoms with van der Waals surface area (Å²) in [7, 11) is -2.61. The van der Waals surface area contributed by atoms with E-state index in [9.17, 15) is 13.2 Å². The number of nitrogens with zero attached hydrogens (tertiary/aromatic N) is 3. The van der Waals surface area contributed by atoms with Crippen LogP contribution in [0, 0.1) is 19.8 Å². The number of nitrogen functional groups attached to an aromatic ring is 1. The molecule has 2 aromatic heterocycles. The number of amides is 1. The minimum absolute atomic E-state index is 0.0417. The summed E-state index contributed by atoms with van der Waals surface area (Å²) >= 11 is 0. The first-order chi connectivity index (χ1) is 17.3. The quantitative estimate of drug-likeness (QED) is 0.494. The number of nitrogens with one attached hydrogen (secondary N) is 1. The van der Waals surface area contributed by atoms with Crippen LogP contribution in [0.1, 0.15) is 48.7 Å². The largest absolute Gasteiger partial charge is 0.496 e. The van der Waals surface area contributed by atoms with Crippen molar-refractivity contribution >= 4 is 27.6 Å². The van der Waals surface area contributed by atoms with Crippen LogP contribution in [0.15, 0.2) is 47.5 Å². The van der Waals surface area contributed by atoms with Gasteiger partial charge in [0.15, 0.2) is 5.03 Å². The molecule has 9 nitrogen and oxygen atoms in total.